The van der Waals surface area contributed by atoms with Crippen molar-refractivity contribution in [3.8, 4) is 0 Å². The van der Waals surface area contributed by atoms with Crippen molar-refractivity contribution < 1.29 is 4.79 Å². The molecule has 0 radical (unpaired) electrons. The maximum absolute atomic E-state index is 12.1. The Bertz CT molecular complexity index is 699. The van der Waals surface area contributed by atoms with Gasteiger partial charge in [0.2, 0.25) is 0 Å². The summed E-state index contributed by atoms with van der Waals surface area (Å²) in [5.74, 6) is 5.57. The van der Waals surface area contributed by atoms with Gasteiger partial charge in [0.05, 0.1) is 0 Å². The fourth-order valence-corrected chi connectivity index (χ4v) is 7.91. The predicted octanol–water partition coefficient (Wildman–Crippen LogP) is 7.62. The fraction of sp³-hybridized carbons (Fsp3) is 0.821. The highest BCUT2D eigenvalue weighted by molar-refractivity contribution is 5.79. The molecule has 0 aliphatic heterocycles. The molecule has 4 aliphatic carbocycles. The Kier molecular flexibility index (Phi) is 5.67. The van der Waals surface area contributed by atoms with Gasteiger partial charge >= 0.3 is 0 Å². The van der Waals surface area contributed by atoms with Crippen LogP contribution in [0.2, 0.25) is 0 Å². The summed E-state index contributed by atoms with van der Waals surface area (Å²) in [4.78, 5) is 12.1. The summed E-state index contributed by atoms with van der Waals surface area (Å²) in [6.07, 6.45) is 17.2. The van der Waals surface area contributed by atoms with Crippen molar-refractivity contribution in [3.63, 3.8) is 0 Å². The average Bonchev–Trinajstić information content (AvgIpc) is 3.03. The first-order valence-corrected chi connectivity index (χ1v) is 12.6. The lowest BCUT2D eigenvalue weighted by molar-refractivity contribution is -0.127. The molecule has 0 unspecified atom stereocenters. The number of carbonyl (C=O) groups is 1. The smallest absolute Gasteiger partial charge is 0.133 e. The molecule has 1 heteroatoms. The van der Waals surface area contributed by atoms with Crippen molar-refractivity contribution in [1.29, 1.82) is 0 Å². The second-order valence-corrected chi connectivity index (χ2v) is 12.1. The van der Waals surface area contributed by atoms with Crippen LogP contribution in [0.1, 0.15) is 92.9 Å². The normalized spacial score (nSPS) is 44.2. The molecule has 0 spiro atoms. The first kappa shape index (κ1) is 21.4. The summed E-state index contributed by atoms with van der Waals surface area (Å²) in [6, 6.07) is 0. The van der Waals surface area contributed by atoms with Gasteiger partial charge in [0, 0.05) is 12.8 Å². The second kappa shape index (κ2) is 7.69. The van der Waals surface area contributed by atoms with E-state index in [1.165, 1.54) is 25.7 Å². The first-order chi connectivity index (χ1) is 13.7. The van der Waals surface area contributed by atoms with Crippen molar-refractivity contribution in [1.82, 2.24) is 0 Å². The lowest BCUT2D eigenvalue weighted by atomic mass is 9.48. The summed E-state index contributed by atoms with van der Waals surface area (Å²) in [6.45, 7) is 14.7. The summed E-state index contributed by atoms with van der Waals surface area (Å²) in [5.41, 5.74) is 2.68. The number of allylic oxidation sites excluding steroid dienone is 4. The van der Waals surface area contributed by atoms with Gasteiger partial charge in [-0.05, 0) is 90.8 Å². The highest BCUT2D eigenvalue weighted by Crippen LogP contribution is 2.66. The number of hydrogen-bond donors (Lipinski definition) is 0. The molecule has 0 aromatic rings. The molecule has 0 N–H and O–H groups in total. The molecule has 1 nitrogen and oxygen atoms in total. The summed E-state index contributed by atoms with van der Waals surface area (Å²) in [5, 5.41) is 0. The Morgan fingerprint density at radius 1 is 0.966 bits per heavy atom. The average molecular weight is 397 g/mol. The topological polar surface area (TPSA) is 17.1 Å². The molecule has 4 rings (SSSR count). The molecule has 0 saturated heterocycles. The fourth-order valence-electron chi connectivity index (χ4n) is 7.91. The minimum atomic E-state index is 0.385. The molecular formula is C28H44O. The van der Waals surface area contributed by atoms with Crippen molar-refractivity contribution in [2.75, 3.05) is 0 Å². The molecule has 162 valence electrons. The van der Waals surface area contributed by atoms with Crippen LogP contribution >= 0.6 is 0 Å². The van der Waals surface area contributed by atoms with Crippen LogP contribution in [-0.2, 0) is 4.79 Å². The van der Waals surface area contributed by atoms with Crippen molar-refractivity contribution in [3.05, 3.63) is 23.8 Å². The summed E-state index contributed by atoms with van der Waals surface area (Å²) >= 11 is 0. The number of rotatable bonds is 4. The van der Waals surface area contributed by atoms with E-state index in [2.05, 4.69) is 59.8 Å². The first-order valence-electron chi connectivity index (χ1n) is 12.6. The third kappa shape index (κ3) is 3.49. The molecule has 0 heterocycles. The summed E-state index contributed by atoms with van der Waals surface area (Å²) < 4.78 is 0. The van der Waals surface area contributed by atoms with Crippen LogP contribution in [0.25, 0.3) is 0 Å². The minimum Gasteiger partial charge on any atom is -0.300 e. The van der Waals surface area contributed by atoms with E-state index in [-0.39, 0.29) is 0 Å². The number of hydrogen-bond acceptors (Lipinski definition) is 1. The molecule has 3 fully saturated rings. The van der Waals surface area contributed by atoms with E-state index in [1.807, 2.05) is 5.57 Å². The van der Waals surface area contributed by atoms with E-state index >= 15 is 0 Å². The van der Waals surface area contributed by atoms with Gasteiger partial charge in [-0.2, -0.15) is 0 Å². The van der Waals surface area contributed by atoms with Crippen molar-refractivity contribution in [2.45, 2.75) is 92.9 Å². The van der Waals surface area contributed by atoms with Gasteiger partial charge in [0.1, 0.15) is 5.78 Å². The van der Waals surface area contributed by atoms with Crippen molar-refractivity contribution in [2.24, 2.45) is 52.3 Å². The Morgan fingerprint density at radius 3 is 2.41 bits per heavy atom. The van der Waals surface area contributed by atoms with Crippen molar-refractivity contribution >= 4 is 5.78 Å². The number of fused-ring (bicyclic) bond motifs is 5. The molecular weight excluding hydrogens is 352 g/mol. The lowest BCUT2D eigenvalue weighted by Crippen LogP contribution is -2.49. The van der Waals surface area contributed by atoms with E-state index in [0.717, 1.165) is 49.4 Å². The van der Waals surface area contributed by atoms with Gasteiger partial charge in [0.15, 0.2) is 0 Å². The zero-order valence-electron chi connectivity index (χ0n) is 19.8. The van der Waals surface area contributed by atoms with Crippen LogP contribution < -0.4 is 0 Å². The molecule has 0 amide bonds. The van der Waals surface area contributed by atoms with E-state index < -0.39 is 0 Å². The number of ketones is 1. The summed E-state index contributed by atoms with van der Waals surface area (Å²) in [7, 11) is 0. The number of carbonyl (C=O) groups excluding carboxylic acids is 1. The standard InChI is InChI=1S/C28H44O/c1-18(2)19(3)7-8-20(4)24-11-12-25-23-10-9-21-17-22(29)13-15-27(21,5)26(23)14-16-28(24,25)6/h7-8,10,18-21,24-26H,9,11-17H2,1-6H3/t19-,20+,21-,24+,25+,26-,27-,28+/m0/s1. The highest BCUT2D eigenvalue weighted by Gasteiger charge is 2.57. The van der Waals surface area contributed by atoms with E-state index in [9.17, 15) is 4.79 Å². The maximum Gasteiger partial charge on any atom is 0.133 e. The monoisotopic (exact) mass is 396 g/mol. The minimum absolute atomic E-state index is 0.385. The van der Waals surface area contributed by atoms with Crippen LogP contribution in [0.5, 0.6) is 0 Å². The Hall–Kier alpha value is -0.850. The Balaban J connectivity index is 1.55. The molecule has 3 saturated carbocycles. The van der Waals surface area contributed by atoms with E-state index in [0.29, 0.717) is 34.4 Å². The molecule has 8 atom stereocenters. The van der Waals surface area contributed by atoms with Crippen LogP contribution in [0.3, 0.4) is 0 Å². The lowest BCUT2D eigenvalue weighted by Gasteiger charge is -2.57. The van der Waals surface area contributed by atoms with Gasteiger partial charge in [-0.15, -0.1) is 0 Å². The van der Waals surface area contributed by atoms with Crippen LogP contribution in [0.15, 0.2) is 23.8 Å². The van der Waals surface area contributed by atoms with E-state index in [4.69, 9.17) is 0 Å². The highest BCUT2D eigenvalue weighted by atomic mass is 16.1. The van der Waals surface area contributed by atoms with Crippen LogP contribution in [-0.4, -0.2) is 5.78 Å². The number of Topliss-reactive ketones (excluding diaryl/α,β-unsaturated/α-hetero) is 1. The Labute approximate surface area is 179 Å². The molecule has 0 bridgehead atoms. The van der Waals surface area contributed by atoms with E-state index in [1.54, 1.807) is 0 Å². The van der Waals surface area contributed by atoms with Gasteiger partial charge in [0.25, 0.3) is 0 Å². The molecule has 0 aromatic carbocycles. The third-order valence-electron chi connectivity index (χ3n) is 10.4. The predicted molar refractivity (Wildman–Crippen MR) is 123 cm³/mol. The Morgan fingerprint density at radius 2 is 1.69 bits per heavy atom. The van der Waals surface area contributed by atoms with Crippen LogP contribution in [0, 0.1) is 52.3 Å². The second-order valence-electron chi connectivity index (χ2n) is 12.1. The maximum atomic E-state index is 12.1. The zero-order valence-corrected chi connectivity index (χ0v) is 19.8. The van der Waals surface area contributed by atoms with Gasteiger partial charge in [-0.3, -0.25) is 4.79 Å². The third-order valence-corrected chi connectivity index (χ3v) is 10.4. The van der Waals surface area contributed by atoms with Gasteiger partial charge in [-0.25, -0.2) is 0 Å². The van der Waals surface area contributed by atoms with Crippen LogP contribution in [0.4, 0.5) is 0 Å². The van der Waals surface area contributed by atoms with Gasteiger partial charge < -0.3 is 0 Å². The largest absolute Gasteiger partial charge is 0.300 e. The van der Waals surface area contributed by atoms with Gasteiger partial charge in [-0.1, -0.05) is 65.3 Å². The quantitative estimate of drug-likeness (QED) is 0.447. The molecule has 0 aromatic heterocycles. The molecule has 4 aliphatic rings. The molecule has 29 heavy (non-hydrogen) atoms. The zero-order chi connectivity index (χ0) is 21.0. The SMILES string of the molecule is CC(C)[C@@H](C)C=C[C@@H](C)[C@H]1CC[C@@H]2C3=CC[C@H]4CC(=O)CC[C@]4(C)[C@H]3CC[C@@]21C.